The molecule has 0 bridgehead atoms. The van der Waals surface area contributed by atoms with Gasteiger partial charge in [0, 0.05) is 19.7 Å². The van der Waals surface area contributed by atoms with Crippen LogP contribution in [0.15, 0.2) is 9.72 Å². The predicted molar refractivity (Wildman–Crippen MR) is 74.4 cm³/mol. The number of ether oxygens (including phenoxy) is 2. The summed E-state index contributed by atoms with van der Waals surface area (Å²) in [5, 5.41) is 0. The van der Waals surface area contributed by atoms with Crippen LogP contribution in [0.1, 0.15) is 24.3 Å². The van der Waals surface area contributed by atoms with Gasteiger partial charge in [-0.3, -0.25) is 0 Å². The maximum atomic E-state index is 12.5. The van der Waals surface area contributed by atoms with Crippen molar-refractivity contribution in [3.05, 3.63) is 11.2 Å². The monoisotopic (exact) mass is 322 g/mol. The van der Waals surface area contributed by atoms with E-state index in [9.17, 15) is 13.2 Å². The number of methoxy groups -OCH3 is 1. The third-order valence-corrected chi connectivity index (χ3v) is 5.85. The van der Waals surface area contributed by atoms with Gasteiger partial charge in [-0.15, -0.1) is 11.3 Å². The van der Waals surface area contributed by atoms with Crippen molar-refractivity contribution in [1.82, 2.24) is 9.29 Å². The zero-order chi connectivity index (χ0) is 15.2. The molecular formula is C11H18N2O5S2. The van der Waals surface area contributed by atoms with E-state index in [-0.39, 0.29) is 23.0 Å². The van der Waals surface area contributed by atoms with Crippen molar-refractivity contribution in [1.29, 1.82) is 0 Å². The van der Waals surface area contributed by atoms with Crippen LogP contribution in [-0.4, -0.2) is 57.1 Å². The highest BCUT2D eigenvalue weighted by atomic mass is 32.2. The zero-order valence-corrected chi connectivity index (χ0v) is 13.3. The second-order valence-corrected chi connectivity index (χ2v) is 6.66. The highest BCUT2D eigenvalue weighted by molar-refractivity contribution is 7.91. The first-order chi connectivity index (χ1) is 9.48. The van der Waals surface area contributed by atoms with Crippen molar-refractivity contribution in [2.45, 2.75) is 18.1 Å². The van der Waals surface area contributed by atoms with Crippen LogP contribution in [0.4, 0.5) is 0 Å². The van der Waals surface area contributed by atoms with Crippen LogP contribution in [0, 0.1) is 0 Å². The molecule has 0 fully saturated rings. The Labute approximate surface area is 122 Å². The number of hydrogen-bond acceptors (Lipinski definition) is 7. The standard InChI is InChI=1S/C11H18N2O5S2/c1-4-13(6-7-18-5-2)20(15,16)11-9(10(14)17-3)12-8-19-11/h8H,4-7H2,1-3H3. The first-order valence-electron chi connectivity index (χ1n) is 6.08. The first-order valence-corrected chi connectivity index (χ1v) is 8.40. The highest BCUT2D eigenvalue weighted by Crippen LogP contribution is 2.24. The molecule has 0 spiro atoms. The number of esters is 1. The Balaban J connectivity index is 3.02. The molecule has 0 saturated heterocycles. The number of aromatic nitrogens is 1. The van der Waals surface area contributed by atoms with Crippen molar-refractivity contribution in [3.8, 4) is 0 Å². The largest absolute Gasteiger partial charge is 0.464 e. The Hall–Kier alpha value is -1.03. The lowest BCUT2D eigenvalue weighted by Gasteiger charge is -2.19. The first kappa shape index (κ1) is 17.0. The smallest absolute Gasteiger partial charge is 0.358 e. The number of hydrogen-bond donors (Lipinski definition) is 0. The lowest BCUT2D eigenvalue weighted by Crippen LogP contribution is -2.34. The number of carbonyl (C=O) groups excluding carboxylic acids is 1. The number of rotatable bonds is 8. The van der Waals surface area contributed by atoms with Gasteiger partial charge in [-0.1, -0.05) is 6.92 Å². The minimum absolute atomic E-state index is 0.0947. The van der Waals surface area contributed by atoms with Crippen LogP contribution in [0.3, 0.4) is 0 Å². The summed E-state index contributed by atoms with van der Waals surface area (Å²) in [6.07, 6.45) is 0. The number of thiazole rings is 1. The fourth-order valence-electron chi connectivity index (χ4n) is 1.53. The van der Waals surface area contributed by atoms with Crippen LogP contribution >= 0.6 is 11.3 Å². The summed E-state index contributed by atoms with van der Waals surface area (Å²) in [7, 11) is -2.58. The second kappa shape index (κ2) is 7.67. The molecule has 0 aromatic carbocycles. The van der Waals surface area contributed by atoms with Gasteiger partial charge in [0.2, 0.25) is 0 Å². The lowest BCUT2D eigenvalue weighted by molar-refractivity contribution is 0.0590. The van der Waals surface area contributed by atoms with Crippen molar-refractivity contribution >= 4 is 27.3 Å². The van der Waals surface area contributed by atoms with Crippen molar-refractivity contribution in [2.75, 3.05) is 33.4 Å². The van der Waals surface area contributed by atoms with Gasteiger partial charge >= 0.3 is 5.97 Å². The van der Waals surface area contributed by atoms with Crippen LogP contribution in [-0.2, 0) is 19.5 Å². The van der Waals surface area contributed by atoms with Gasteiger partial charge < -0.3 is 9.47 Å². The Morgan fingerprint density at radius 3 is 2.70 bits per heavy atom. The average molecular weight is 322 g/mol. The van der Waals surface area contributed by atoms with Gasteiger partial charge in [-0.05, 0) is 6.92 Å². The molecule has 1 aromatic heterocycles. The van der Waals surface area contributed by atoms with Gasteiger partial charge in [-0.2, -0.15) is 4.31 Å². The maximum Gasteiger partial charge on any atom is 0.358 e. The van der Waals surface area contributed by atoms with Crippen molar-refractivity contribution in [3.63, 3.8) is 0 Å². The van der Waals surface area contributed by atoms with Crippen molar-refractivity contribution < 1.29 is 22.7 Å². The number of nitrogens with zero attached hydrogens (tertiary/aromatic N) is 2. The van der Waals surface area contributed by atoms with Crippen molar-refractivity contribution in [2.24, 2.45) is 0 Å². The summed E-state index contributed by atoms with van der Waals surface area (Å²) >= 11 is 0.901. The SMILES string of the molecule is CCOCCN(CC)S(=O)(=O)c1scnc1C(=O)OC. The molecule has 7 nitrogen and oxygen atoms in total. The summed E-state index contributed by atoms with van der Waals surface area (Å²) in [6.45, 7) is 4.90. The van der Waals surface area contributed by atoms with Gasteiger partial charge in [0.1, 0.15) is 0 Å². The molecule has 0 amide bonds. The van der Waals surface area contributed by atoms with Crippen LogP contribution in [0.5, 0.6) is 0 Å². The molecule has 1 aromatic rings. The van der Waals surface area contributed by atoms with Gasteiger partial charge in [0.25, 0.3) is 10.0 Å². The average Bonchev–Trinajstić information content (AvgIpc) is 2.92. The van der Waals surface area contributed by atoms with E-state index in [4.69, 9.17) is 4.74 Å². The molecule has 0 radical (unpaired) electrons. The lowest BCUT2D eigenvalue weighted by atomic mass is 10.5. The van der Waals surface area contributed by atoms with Crippen LogP contribution < -0.4 is 0 Å². The molecule has 1 heterocycles. The molecule has 0 aliphatic heterocycles. The van der Waals surface area contributed by atoms with E-state index in [1.807, 2.05) is 6.92 Å². The van der Waals surface area contributed by atoms with E-state index in [0.29, 0.717) is 13.2 Å². The number of carbonyl (C=O) groups is 1. The second-order valence-electron chi connectivity index (χ2n) is 3.67. The Morgan fingerprint density at radius 2 is 2.15 bits per heavy atom. The zero-order valence-electron chi connectivity index (χ0n) is 11.7. The highest BCUT2D eigenvalue weighted by Gasteiger charge is 2.31. The van der Waals surface area contributed by atoms with E-state index in [2.05, 4.69) is 9.72 Å². The van der Waals surface area contributed by atoms with Crippen LogP contribution in [0.25, 0.3) is 0 Å². The quantitative estimate of drug-likeness (QED) is 0.524. The molecule has 1 rings (SSSR count). The summed E-state index contributed by atoms with van der Waals surface area (Å²) in [5.74, 6) is -0.759. The third kappa shape index (κ3) is 3.75. The summed E-state index contributed by atoms with van der Waals surface area (Å²) in [6, 6.07) is 0. The molecule has 0 aliphatic carbocycles. The Kier molecular flexibility index (Phi) is 6.53. The predicted octanol–water partition coefficient (Wildman–Crippen LogP) is 0.977. The third-order valence-electron chi connectivity index (χ3n) is 2.53. The molecule has 0 unspecified atom stereocenters. The van der Waals surface area contributed by atoms with E-state index in [1.165, 1.54) is 16.9 Å². The number of likely N-dealkylation sites (N-methyl/N-ethyl adjacent to an activating group) is 1. The molecule has 9 heteroatoms. The fourth-order valence-corrected chi connectivity index (χ4v) is 4.23. The van der Waals surface area contributed by atoms with Crippen LogP contribution in [0.2, 0.25) is 0 Å². The maximum absolute atomic E-state index is 12.5. The molecule has 0 N–H and O–H groups in total. The fraction of sp³-hybridized carbons (Fsp3) is 0.636. The van der Waals surface area contributed by atoms with Gasteiger partial charge in [0.05, 0.1) is 19.2 Å². The number of sulfonamides is 1. The minimum Gasteiger partial charge on any atom is -0.464 e. The Morgan fingerprint density at radius 1 is 1.45 bits per heavy atom. The molecule has 0 saturated carbocycles. The molecule has 20 heavy (non-hydrogen) atoms. The summed E-state index contributed by atoms with van der Waals surface area (Å²) in [4.78, 5) is 15.3. The summed E-state index contributed by atoms with van der Waals surface area (Å²) in [5.41, 5.74) is 1.14. The minimum atomic E-state index is -3.77. The van der Waals surface area contributed by atoms with E-state index in [0.717, 1.165) is 11.3 Å². The molecule has 114 valence electrons. The molecule has 0 atom stereocenters. The molecule has 0 aliphatic rings. The summed E-state index contributed by atoms with van der Waals surface area (Å²) < 4.78 is 35.9. The van der Waals surface area contributed by atoms with E-state index >= 15 is 0 Å². The molecular weight excluding hydrogens is 304 g/mol. The Bertz CT molecular complexity index is 541. The normalized spacial score (nSPS) is 11.8. The van der Waals surface area contributed by atoms with Gasteiger partial charge in [-0.25, -0.2) is 18.2 Å². The van der Waals surface area contributed by atoms with Gasteiger partial charge in [0.15, 0.2) is 9.90 Å². The van der Waals surface area contributed by atoms with E-state index in [1.54, 1.807) is 6.92 Å². The van der Waals surface area contributed by atoms with E-state index < -0.39 is 16.0 Å². The topological polar surface area (TPSA) is 85.8 Å².